The van der Waals surface area contributed by atoms with Crippen LogP contribution in [0.1, 0.15) is 44.2 Å². The molecule has 0 bridgehead atoms. The topological polar surface area (TPSA) is 29.3 Å². The Hall–Kier alpha value is -0.450. The van der Waals surface area contributed by atoms with Gasteiger partial charge < -0.3 is 5.73 Å². The molecule has 20 heavy (non-hydrogen) atoms. The lowest BCUT2D eigenvalue weighted by Gasteiger charge is -2.30. The quantitative estimate of drug-likeness (QED) is 0.892. The van der Waals surface area contributed by atoms with Crippen molar-refractivity contribution in [3.05, 3.63) is 34.1 Å². The molecule has 1 aliphatic rings. The highest BCUT2D eigenvalue weighted by Crippen LogP contribution is 2.28. The molecule has 0 radical (unpaired) electrons. The summed E-state index contributed by atoms with van der Waals surface area (Å²) in [4.78, 5) is 2.43. The summed E-state index contributed by atoms with van der Waals surface area (Å²) in [6, 6.07) is 5.50. The standard InChI is InChI=1S/C16H24BrFN2/c1-2-12-4-3-8-20(9-7-12)16(11-19)13-5-6-14(17)15(18)10-13/h5-6,10,12,16H,2-4,7-9,11,19H2,1H3. The molecule has 0 spiro atoms. The zero-order chi connectivity index (χ0) is 14.5. The second-order valence-corrected chi connectivity index (χ2v) is 6.52. The van der Waals surface area contributed by atoms with Gasteiger partial charge in [-0.25, -0.2) is 4.39 Å². The predicted octanol–water partition coefficient (Wildman–Crippen LogP) is 4.10. The number of nitrogens with zero attached hydrogens (tertiary/aromatic N) is 1. The van der Waals surface area contributed by atoms with Gasteiger partial charge in [0, 0.05) is 12.6 Å². The Morgan fingerprint density at radius 1 is 1.40 bits per heavy atom. The first kappa shape index (κ1) is 15.9. The van der Waals surface area contributed by atoms with E-state index in [1.807, 2.05) is 6.07 Å². The summed E-state index contributed by atoms with van der Waals surface area (Å²) in [5.74, 6) is 0.627. The maximum Gasteiger partial charge on any atom is 0.137 e. The third-order valence-electron chi connectivity index (χ3n) is 4.45. The van der Waals surface area contributed by atoms with Crippen LogP contribution < -0.4 is 5.73 Å². The third-order valence-corrected chi connectivity index (χ3v) is 5.10. The van der Waals surface area contributed by atoms with E-state index in [4.69, 9.17) is 5.73 Å². The van der Waals surface area contributed by atoms with Gasteiger partial charge >= 0.3 is 0 Å². The largest absolute Gasteiger partial charge is 0.329 e. The molecule has 112 valence electrons. The van der Waals surface area contributed by atoms with Gasteiger partial charge in [-0.05, 0) is 71.9 Å². The molecule has 2 nitrogen and oxygen atoms in total. The van der Waals surface area contributed by atoms with Crippen LogP contribution in [0.2, 0.25) is 0 Å². The van der Waals surface area contributed by atoms with Gasteiger partial charge in [-0.3, -0.25) is 4.90 Å². The van der Waals surface area contributed by atoms with Crippen LogP contribution in [0.15, 0.2) is 22.7 Å². The third kappa shape index (κ3) is 3.80. The SMILES string of the molecule is CCC1CCCN(C(CN)c2ccc(Br)c(F)c2)CC1. The Kier molecular flexibility index (Phi) is 6.00. The molecule has 2 atom stereocenters. The molecule has 0 aliphatic carbocycles. The summed E-state index contributed by atoms with van der Waals surface area (Å²) in [5, 5.41) is 0. The Labute approximate surface area is 129 Å². The highest BCUT2D eigenvalue weighted by Gasteiger charge is 2.23. The highest BCUT2D eigenvalue weighted by atomic mass is 79.9. The summed E-state index contributed by atoms with van der Waals surface area (Å²) < 4.78 is 14.2. The molecule has 1 heterocycles. The number of halogens is 2. The first-order chi connectivity index (χ1) is 9.65. The fourth-order valence-electron chi connectivity index (χ4n) is 3.12. The van der Waals surface area contributed by atoms with Crippen molar-refractivity contribution < 1.29 is 4.39 Å². The molecule has 0 saturated carbocycles. The van der Waals surface area contributed by atoms with Crippen molar-refractivity contribution in [3.8, 4) is 0 Å². The van der Waals surface area contributed by atoms with E-state index >= 15 is 0 Å². The zero-order valence-corrected chi connectivity index (χ0v) is 13.7. The molecule has 0 amide bonds. The van der Waals surface area contributed by atoms with Gasteiger partial charge in [0.1, 0.15) is 5.82 Å². The summed E-state index contributed by atoms with van der Waals surface area (Å²) in [5.41, 5.74) is 6.96. The molecule has 1 fully saturated rings. The fourth-order valence-corrected chi connectivity index (χ4v) is 3.37. The van der Waals surface area contributed by atoms with Crippen molar-refractivity contribution in [2.75, 3.05) is 19.6 Å². The van der Waals surface area contributed by atoms with E-state index in [0.29, 0.717) is 11.0 Å². The summed E-state index contributed by atoms with van der Waals surface area (Å²) in [7, 11) is 0. The normalized spacial score (nSPS) is 22.5. The molecule has 1 aromatic rings. The Bertz CT molecular complexity index is 438. The minimum Gasteiger partial charge on any atom is -0.329 e. The molecular formula is C16H24BrFN2. The van der Waals surface area contributed by atoms with E-state index in [1.54, 1.807) is 12.1 Å². The maximum atomic E-state index is 13.7. The lowest BCUT2D eigenvalue weighted by molar-refractivity contribution is 0.206. The number of hydrogen-bond donors (Lipinski definition) is 1. The fraction of sp³-hybridized carbons (Fsp3) is 0.625. The smallest absolute Gasteiger partial charge is 0.137 e. The molecule has 1 saturated heterocycles. The lowest BCUT2D eigenvalue weighted by atomic mass is 9.98. The van der Waals surface area contributed by atoms with E-state index in [-0.39, 0.29) is 11.9 Å². The van der Waals surface area contributed by atoms with Crippen molar-refractivity contribution >= 4 is 15.9 Å². The molecule has 0 aromatic heterocycles. The molecule has 4 heteroatoms. The zero-order valence-electron chi connectivity index (χ0n) is 12.1. The van der Waals surface area contributed by atoms with Gasteiger partial charge in [0.15, 0.2) is 0 Å². The summed E-state index contributed by atoms with van der Waals surface area (Å²) in [6.45, 7) is 4.94. The Morgan fingerprint density at radius 3 is 2.85 bits per heavy atom. The van der Waals surface area contributed by atoms with E-state index in [1.165, 1.54) is 25.7 Å². The van der Waals surface area contributed by atoms with Crippen molar-refractivity contribution in [1.82, 2.24) is 4.90 Å². The van der Waals surface area contributed by atoms with E-state index in [9.17, 15) is 4.39 Å². The van der Waals surface area contributed by atoms with E-state index in [2.05, 4.69) is 27.8 Å². The molecule has 1 aromatic carbocycles. The van der Waals surface area contributed by atoms with Gasteiger partial charge in [0.2, 0.25) is 0 Å². The number of likely N-dealkylation sites (tertiary alicyclic amines) is 1. The molecule has 1 aliphatic heterocycles. The van der Waals surface area contributed by atoms with Crippen LogP contribution in [0.3, 0.4) is 0 Å². The predicted molar refractivity (Wildman–Crippen MR) is 85.1 cm³/mol. The van der Waals surface area contributed by atoms with Gasteiger partial charge in [-0.2, -0.15) is 0 Å². The second kappa shape index (κ2) is 7.53. The van der Waals surface area contributed by atoms with Gasteiger partial charge in [0.05, 0.1) is 4.47 Å². The van der Waals surface area contributed by atoms with E-state index < -0.39 is 0 Å². The van der Waals surface area contributed by atoms with Crippen LogP contribution in [0.25, 0.3) is 0 Å². The van der Waals surface area contributed by atoms with Crippen molar-refractivity contribution in [2.24, 2.45) is 11.7 Å². The number of rotatable bonds is 4. The highest BCUT2D eigenvalue weighted by molar-refractivity contribution is 9.10. The van der Waals surface area contributed by atoms with Crippen LogP contribution in [-0.2, 0) is 0 Å². The molecule has 2 unspecified atom stereocenters. The van der Waals surface area contributed by atoms with Crippen LogP contribution >= 0.6 is 15.9 Å². The molecular weight excluding hydrogens is 319 g/mol. The lowest BCUT2D eigenvalue weighted by Crippen LogP contribution is -2.34. The minimum atomic E-state index is -0.206. The average molecular weight is 343 g/mol. The van der Waals surface area contributed by atoms with Gasteiger partial charge in [0.25, 0.3) is 0 Å². The Morgan fingerprint density at radius 2 is 2.20 bits per heavy atom. The first-order valence-electron chi connectivity index (χ1n) is 7.54. The minimum absolute atomic E-state index is 0.133. The monoisotopic (exact) mass is 342 g/mol. The molecule has 2 N–H and O–H groups in total. The molecule has 2 rings (SSSR count). The average Bonchev–Trinajstić information content (AvgIpc) is 2.69. The van der Waals surface area contributed by atoms with Crippen LogP contribution in [0, 0.1) is 11.7 Å². The maximum absolute atomic E-state index is 13.7. The van der Waals surface area contributed by atoms with Gasteiger partial charge in [-0.1, -0.05) is 19.4 Å². The van der Waals surface area contributed by atoms with Crippen LogP contribution in [-0.4, -0.2) is 24.5 Å². The van der Waals surface area contributed by atoms with Crippen molar-refractivity contribution in [2.45, 2.75) is 38.6 Å². The number of nitrogens with two attached hydrogens (primary N) is 1. The number of hydrogen-bond acceptors (Lipinski definition) is 2. The number of benzene rings is 1. The second-order valence-electron chi connectivity index (χ2n) is 5.67. The first-order valence-corrected chi connectivity index (χ1v) is 8.34. The van der Waals surface area contributed by atoms with Crippen molar-refractivity contribution in [3.63, 3.8) is 0 Å². The van der Waals surface area contributed by atoms with Crippen LogP contribution in [0.4, 0.5) is 4.39 Å². The van der Waals surface area contributed by atoms with Crippen LogP contribution in [0.5, 0.6) is 0 Å². The van der Waals surface area contributed by atoms with Gasteiger partial charge in [-0.15, -0.1) is 0 Å². The van der Waals surface area contributed by atoms with E-state index in [0.717, 1.165) is 24.6 Å². The summed E-state index contributed by atoms with van der Waals surface area (Å²) in [6.07, 6.45) is 5.01. The Balaban J connectivity index is 2.12. The summed E-state index contributed by atoms with van der Waals surface area (Å²) >= 11 is 3.21. The van der Waals surface area contributed by atoms with Crippen molar-refractivity contribution in [1.29, 1.82) is 0 Å².